The van der Waals surface area contributed by atoms with Crippen LogP contribution < -0.4 is 4.90 Å². The van der Waals surface area contributed by atoms with Crippen LogP contribution in [0.2, 0.25) is 5.02 Å². The first-order valence-electron chi connectivity index (χ1n) is 9.23. The van der Waals surface area contributed by atoms with E-state index in [4.69, 9.17) is 11.6 Å². The molecule has 2 aromatic rings. The summed E-state index contributed by atoms with van der Waals surface area (Å²) >= 11 is 6.01. The standard InChI is InChI=1S/C20H20ClF4N3O/c21-17-12-15(20(23,24)25)13-26-19(17)28-10-8-27(9-11-28)7-1-2-18(29)14-3-5-16(22)6-4-14/h3-6,12-13H,1-2,7-11H2. The highest BCUT2D eigenvalue weighted by Crippen LogP contribution is 2.33. The molecule has 0 unspecified atom stereocenters. The summed E-state index contributed by atoms with van der Waals surface area (Å²) in [6.45, 7) is 3.30. The van der Waals surface area contributed by atoms with Gasteiger partial charge in [-0.1, -0.05) is 11.6 Å². The molecule has 0 spiro atoms. The average Bonchev–Trinajstić information content (AvgIpc) is 2.68. The zero-order valence-corrected chi connectivity index (χ0v) is 16.3. The third-order valence-corrected chi connectivity index (χ3v) is 5.14. The molecular formula is C20H20ClF4N3O. The molecule has 1 aliphatic rings. The number of hydrogen-bond donors (Lipinski definition) is 0. The van der Waals surface area contributed by atoms with Gasteiger partial charge in [0.15, 0.2) is 5.78 Å². The van der Waals surface area contributed by atoms with Gasteiger partial charge in [0.05, 0.1) is 10.6 Å². The molecule has 156 valence electrons. The van der Waals surface area contributed by atoms with Gasteiger partial charge in [0.1, 0.15) is 11.6 Å². The Balaban J connectivity index is 1.46. The minimum Gasteiger partial charge on any atom is -0.353 e. The van der Waals surface area contributed by atoms with E-state index >= 15 is 0 Å². The molecule has 0 atom stereocenters. The van der Waals surface area contributed by atoms with Crippen LogP contribution >= 0.6 is 11.6 Å². The normalized spacial score (nSPS) is 15.6. The molecular weight excluding hydrogens is 410 g/mol. The number of aromatic nitrogens is 1. The summed E-state index contributed by atoms with van der Waals surface area (Å²) in [6.07, 6.45) is -2.62. The van der Waals surface area contributed by atoms with Gasteiger partial charge in [-0.25, -0.2) is 9.37 Å². The van der Waals surface area contributed by atoms with Crippen LogP contribution in [0.3, 0.4) is 0 Å². The van der Waals surface area contributed by atoms with Crippen LogP contribution in [0.4, 0.5) is 23.4 Å². The summed E-state index contributed by atoms with van der Waals surface area (Å²) in [7, 11) is 0. The van der Waals surface area contributed by atoms with E-state index in [1.807, 2.05) is 4.90 Å². The fourth-order valence-corrected chi connectivity index (χ4v) is 3.53. The second-order valence-corrected chi connectivity index (χ2v) is 7.30. The summed E-state index contributed by atoms with van der Waals surface area (Å²) in [5, 5.41) is -0.0156. The molecule has 2 heterocycles. The molecule has 9 heteroatoms. The first-order chi connectivity index (χ1) is 13.7. The fraction of sp³-hybridized carbons (Fsp3) is 0.400. The number of carbonyl (C=O) groups is 1. The largest absolute Gasteiger partial charge is 0.417 e. The Morgan fingerprint density at radius 1 is 1.10 bits per heavy atom. The Morgan fingerprint density at radius 2 is 1.76 bits per heavy atom. The van der Waals surface area contributed by atoms with Crippen LogP contribution in [0.5, 0.6) is 0 Å². The number of benzene rings is 1. The number of rotatable bonds is 6. The van der Waals surface area contributed by atoms with Crippen molar-refractivity contribution in [2.24, 2.45) is 0 Å². The maximum atomic E-state index is 12.9. The molecule has 0 radical (unpaired) electrons. The van der Waals surface area contributed by atoms with Gasteiger partial charge in [0.2, 0.25) is 0 Å². The number of pyridine rings is 1. The molecule has 1 aromatic carbocycles. The summed E-state index contributed by atoms with van der Waals surface area (Å²) < 4.78 is 51.1. The molecule has 0 aliphatic carbocycles. The van der Waals surface area contributed by atoms with E-state index < -0.39 is 11.7 Å². The lowest BCUT2D eigenvalue weighted by Crippen LogP contribution is -2.47. The monoisotopic (exact) mass is 429 g/mol. The molecule has 29 heavy (non-hydrogen) atoms. The van der Waals surface area contributed by atoms with Crippen LogP contribution in [0.25, 0.3) is 0 Å². The SMILES string of the molecule is O=C(CCCN1CCN(c2ncc(C(F)(F)F)cc2Cl)CC1)c1ccc(F)cc1. The van der Waals surface area contributed by atoms with Crippen molar-refractivity contribution in [2.75, 3.05) is 37.6 Å². The Labute approximate surface area is 171 Å². The van der Waals surface area contributed by atoms with Crippen molar-refractivity contribution in [3.05, 3.63) is 58.5 Å². The number of piperazine rings is 1. The van der Waals surface area contributed by atoms with Crippen LogP contribution in [0.15, 0.2) is 36.5 Å². The number of carbonyl (C=O) groups excluding carboxylic acids is 1. The van der Waals surface area contributed by atoms with E-state index in [1.165, 1.54) is 24.3 Å². The number of ketones is 1. The lowest BCUT2D eigenvalue weighted by atomic mass is 10.1. The van der Waals surface area contributed by atoms with Gasteiger partial charge in [-0.15, -0.1) is 0 Å². The summed E-state index contributed by atoms with van der Waals surface area (Å²) in [4.78, 5) is 20.1. The van der Waals surface area contributed by atoms with Crippen molar-refractivity contribution in [3.8, 4) is 0 Å². The predicted molar refractivity (Wildman–Crippen MR) is 103 cm³/mol. The van der Waals surface area contributed by atoms with Gasteiger partial charge in [0.25, 0.3) is 0 Å². The van der Waals surface area contributed by atoms with E-state index in [2.05, 4.69) is 9.88 Å². The topological polar surface area (TPSA) is 36.4 Å². The molecule has 1 aromatic heterocycles. The lowest BCUT2D eigenvalue weighted by molar-refractivity contribution is -0.137. The lowest BCUT2D eigenvalue weighted by Gasteiger charge is -2.35. The van der Waals surface area contributed by atoms with E-state index in [9.17, 15) is 22.4 Å². The Morgan fingerprint density at radius 3 is 2.34 bits per heavy atom. The van der Waals surface area contributed by atoms with E-state index in [0.29, 0.717) is 50.4 Å². The molecule has 1 saturated heterocycles. The number of anilines is 1. The molecule has 1 fully saturated rings. The van der Waals surface area contributed by atoms with Crippen molar-refractivity contribution in [1.82, 2.24) is 9.88 Å². The highest BCUT2D eigenvalue weighted by Gasteiger charge is 2.32. The van der Waals surface area contributed by atoms with Gasteiger partial charge >= 0.3 is 6.18 Å². The number of alkyl halides is 3. The minimum atomic E-state index is -4.47. The summed E-state index contributed by atoms with van der Waals surface area (Å²) in [6, 6.07) is 6.41. The molecule has 0 saturated carbocycles. The first-order valence-corrected chi connectivity index (χ1v) is 9.60. The highest BCUT2D eigenvalue weighted by molar-refractivity contribution is 6.33. The predicted octanol–water partition coefficient (Wildman–Crippen LogP) is 4.68. The Kier molecular flexibility index (Phi) is 6.74. The van der Waals surface area contributed by atoms with Gasteiger partial charge in [0, 0.05) is 44.4 Å². The molecule has 3 rings (SSSR count). The third kappa shape index (κ3) is 5.67. The zero-order valence-electron chi connectivity index (χ0n) is 15.6. The third-order valence-electron chi connectivity index (χ3n) is 4.87. The number of nitrogens with zero attached hydrogens (tertiary/aromatic N) is 3. The summed E-state index contributed by atoms with van der Waals surface area (Å²) in [5.74, 6) is -0.0442. The maximum Gasteiger partial charge on any atom is 0.417 e. The second-order valence-electron chi connectivity index (χ2n) is 6.89. The molecule has 0 bridgehead atoms. The van der Waals surface area contributed by atoms with Crippen molar-refractivity contribution < 1.29 is 22.4 Å². The van der Waals surface area contributed by atoms with Gasteiger partial charge in [-0.2, -0.15) is 13.2 Å². The van der Waals surface area contributed by atoms with E-state index in [0.717, 1.165) is 18.8 Å². The van der Waals surface area contributed by atoms with E-state index in [-0.39, 0.29) is 16.6 Å². The Bertz CT molecular complexity index is 850. The summed E-state index contributed by atoms with van der Waals surface area (Å²) in [5.41, 5.74) is -0.366. The highest BCUT2D eigenvalue weighted by atomic mass is 35.5. The number of hydrogen-bond acceptors (Lipinski definition) is 4. The minimum absolute atomic E-state index is 0.0156. The molecule has 0 N–H and O–H groups in total. The fourth-order valence-electron chi connectivity index (χ4n) is 3.25. The second kappa shape index (κ2) is 9.09. The first kappa shape index (κ1) is 21.5. The van der Waals surface area contributed by atoms with Crippen molar-refractivity contribution >= 4 is 23.2 Å². The molecule has 1 aliphatic heterocycles. The number of Topliss-reactive ketones (excluding diaryl/α,β-unsaturated/α-hetero) is 1. The Hall–Kier alpha value is -2.19. The van der Waals surface area contributed by atoms with Crippen molar-refractivity contribution in [1.29, 1.82) is 0 Å². The van der Waals surface area contributed by atoms with Crippen LogP contribution in [-0.2, 0) is 6.18 Å². The van der Waals surface area contributed by atoms with Crippen LogP contribution in [0, 0.1) is 5.82 Å². The quantitative estimate of drug-likeness (QED) is 0.493. The van der Waals surface area contributed by atoms with Crippen molar-refractivity contribution in [3.63, 3.8) is 0 Å². The maximum absolute atomic E-state index is 12.9. The molecule has 0 amide bonds. The smallest absolute Gasteiger partial charge is 0.353 e. The number of halogens is 5. The molecule has 4 nitrogen and oxygen atoms in total. The zero-order chi connectivity index (χ0) is 21.0. The van der Waals surface area contributed by atoms with Gasteiger partial charge in [-0.05, 0) is 43.3 Å². The van der Waals surface area contributed by atoms with Gasteiger partial charge < -0.3 is 4.90 Å². The van der Waals surface area contributed by atoms with Gasteiger partial charge in [-0.3, -0.25) is 9.69 Å². The van der Waals surface area contributed by atoms with E-state index in [1.54, 1.807) is 0 Å². The van der Waals surface area contributed by atoms with Crippen LogP contribution in [-0.4, -0.2) is 48.4 Å². The average molecular weight is 430 g/mol. The van der Waals surface area contributed by atoms with Crippen LogP contribution in [0.1, 0.15) is 28.8 Å². The van der Waals surface area contributed by atoms with Crippen molar-refractivity contribution in [2.45, 2.75) is 19.0 Å².